The molecule has 0 bridgehead atoms. The molecule has 194 valence electrons. The molecule has 0 aromatic heterocycles. The van der Waals surface area contributed by atoms with Crippen LogP contribution in [0, 0.1) is 23.7 Å². The number of nitrogens with zero attached hydrogens (tertiary/aromatic N) is 1. The summed E-state index contributed by atoms with van der Waals surface area (Å²) in [6.07, 6.45) is 8.02. The maximum Gasteiger partial charge on any atom is 0.193 e. The van der Waals surface area contributed by atoms with Crippen molar-refractivity contribution in [1.29, 1.82) is 0 Å². The van der Waals surface area contributed by atoms with Gasteiger partial charge in [0.1, 0.15) is 6.10 Å². The predicted octanol–water partition coefficient (Wildman–Crippen LogP) is 8.30. The monoisotopic (exact) mass is 521 g/mol. The van der Waals surface area contributed by atoms with Crippen molar-refractivity contribution < 1.29 is 8.63 Å². The van der Waals surface area contributed by atoms with E-state index in [1.165, 1.54) is 19.3 Å². The Morgan fingerprint density at radius 3 is 2.11 bits per heavy atom. The third kappa shape index (κ3) is 7.44. The van der Waals surface area contributed by atoms with Crippen LogP contribution in [0.1, 0.15) is 58.4 Å². The van der Waals surface area contributed by atoms with E-state index in [9.17, 15) is 4.21 Å². The molecule has 3 atom stereocenters. The summed E-state index contributed by atoms with van der Waals surface area (Å²) < 4.78 is 25.4. The van der Waals surface area contributed by atoms with Gasteiger partial charge in [0.2, 0.25) is 0 Å². The minimum atomic E-state index is -2.65. The average Bonchev–Trinajstić information content (AvgIpc) is 2.95. The molecule has 1 aliphatic carbocycles. The Morgan fingerprint density at radius 1 is 0.972 bits per heavy atom. The molecular weight excluding hydrogens is 478 g/mol. The highest BCUT2D eigenvalue weighted by molar-refractivity contribution is 7.96. The Balaban J connectivity index is 2.07. The van der Waals surface area contributed by atoms with Crippen LogP contribution in [0.3, 0.4) is 0 Å². The lowest BCUT2D eigenvalue weighted by Crippen LogP contribution is -2.43. The van der Waals surface area contributed by atoms with Crippen molar-refractivity contribution in [3.8, 4) is 11.8 Å². The second kappa shape index (κ2) is 14.0. The van der Waals surface area contributed by atoms with Gasteiger partial charge in [-0.05, 0) is 61.2 Å². The van der Waals surface area contributed by atoms with Gasteiger partial charge in [-0.1, -0.05) is 94.3 Å². The molecule has 1 unspecified atom stereocenters. The van der Waals surface area contributed by atoms with Crippen molar-refractivity contribution in [2.24, 2.45) is 16.2 Å². The number of hydrogen-bond donors (Lipinski definition) is 0. The zero-order valence-corrected chi connectivity index (χ0v) is 24.3. The van der Waals surface area contributed by atoms with Crippen molar-refractivity contribution in [2.45, 2.75) is 82.0 Å². The Hall–Kier alpha value is -2.13. The quantitative estimate of drug-likeness (QED) is 0.233. The average molecular weight is 522 g/mol. The lowest BCUT2D eigenvalue weighted by molar-refractivity contribution is 0.138. The first-order valence-electron chi connectivity index (χ1n) is 13.6. The highest BCUT2D eigenvalue weighted by Crippen LogP contribution is 2.36. The molecule has 0 aliphatic heterocycles. The van der Waals surface area contributed by atoms with Crippen LogP contribution in [-0.4, -0.2) is 25.7 Å². The highest BCUT2D eigenvalue weighted by Gasteiger charge is 2.37. The Kier molecular flexibility index (Phi) is 11.0. The van der Waals surface area contributed by atoms with Gasteiger partial charge in [0, 0.05) is 23.9 Å². The Labute approximate surface area is 221 Å². The van der Waals surface area contributed by atoms with Gasteiger partial charge in [-0.2, -0.15) is 0 Å². The second-order valence-corrected chi connectivity index (χ2v) is 16.8. The SMILES string of the molecule is CC[Si](CC)(CC)O[C@@H](C#Cc1ccccc1)[C@H](/C=C\S(=O)(=NC)c1ccccc1)C1CCCCC1. The van der Waals surface area contributed by atoms with Crippen LogP contribution >= 0.6 is 0 Å². The minimum Gasteiger partial charge on any atom is -0.403 e. The molecule has 3 nitrogen and oxygen atoms in total. The van der Waals surface area contributed by atoms with Gasteiger partial charge < -0.3 is 4.43 Å². The van der Waals surface area contributed by atoms with Crippen LogP contribution in [0.4, 0.5) is 0 Å². The number of rotatable bonds is 10. The van der Waals surface area contributed by atoms with Crippen molar-refractivity contribution in [2.75, 3.05) is 7.05 Å². The van der Waals surface area contributed by atoms with Gasteiger partial charge in [-0.15, -0.1) is 0 Å². The second-order valence-electron chi connectivity index (χ2n) is 9.79. The number of benzene rings is 2. The zero-order chi connectivity index (χ0) is 25.9. The fourth-order valence-electron chi connectivity index (χ4n) is 5.23. The maximum absolute atomic E-state index is 13.9. The summed E-state index contributed by atoms with van der Waals surface area (Å²) in [6, 6.07) is 23.0. The first-order chi connectivity index (χ1) is 17.5. The molecule has 0 amide bonds. The molecule has 1 fully saturated rings. The molecule has 3 rings (SSSR count). The van der Waals surface area contributed by atoms with Gasteiger partial charge in [0.25, 0.3) is 0 Å². The van der Waals surface area contributed by atoms with Crippen LogP contribution in [0.5, 0.6) is 0 Å². The van der Waals surface area contributed by atoms with Crippen LogP contribution in [-0.2, 0) is 14.2 Å². The summed E-state index contributed by atoms with van der Waals surface area (Å²) >= 11 is 0. The van der Waals surface area contributed by atoms with E-state index < -0.39 is 18.0 Å². The van der Waals surface area contributed by atoms with E-state index in [4.69, 9.17) is 4.43 Å². The first kappa shape index (κ1) is 28.4. The van der Waals surface area contributed by atoms with Crippen molar-refractivity contribution in [1.82, 2.24) is 0 Å². The Morgan fingerprint density at radius 2 is 1.56 bits per heavy atom. The third-order valence-corrected chi connectivity index (χ3v) is 14.5. The molecular formula is C31H43NO2SSi. The summed E-state index contributed by atoms with van der Waals surface area (Å²) in [5, 5.41) is 1.86. The maximum atomic E-state index is 13.9. The van der Waals surface area contributed by atoms with Gasteiger partial charge >= 0.3 is 0 Å². The molecule has 2 aromatic rings. The largest absolute Gasteiger partial charge is 0.403 e. The van der Waals surface area contributed by atoms with Gasteiger partial charge in [-0.3, -0.25) is 0 Å². The van der Waals surface area contributed by atoms with E-state index >= 15 is 0 Å². The normalized spacial score (nSPS) is 18.1. The summed E-state index contributed by atoms with van der Waals surface area (Å²) in [4.78, 5) is 0.748. The fourth-order valence-corrected chi connectivity index (χ4v) is 9.42. The van der Waals surface area contributed by atoms with Gasteiger partial charge in [0.15, 0.2) is 8.32 Å². The number of hydrogen-bond acceptors (Lipinski definition) is 3. The lowest BCUT2D eigenvalue weighted by Gasteiger charge is -2.38. The van der Waals surface area contributed by atoms with Crippen LogP contribution in [0.25, 0.3) is 0 Å². The standard InChI is InChI=1S/C31H43NO2SSi/c1-5-36(6-2,7-3)34-31(24-23-27-17-11-8-12-18-27)30(28-19-13-9-14-20-28)25-26-35(33,32-4)29-21-15-10-16-22-29/h8,10-12,15-18,21-22,25-26,28,30-31H,5-7,9,13-14,19-20H2,1-4H3/b26-25-/t30-,31+,35?/m1/s1. The van der Waals surface area contributed by atoms with Crippen LogP contribution < -0.4 is 0 Å². The first-order valence-corrected chi connectivity index (χ1v) is 17.7. The van der Waals surface area contributed by atoms with E-state index in [-0.39, 0.29) is 12.0 Å². The van der Waals surface area contributed by atoms with Crippen molar-refractivity contribution in [3.05, 3.63) is 77.7 Å². The molecule has 0 heterocycles. The van der Waals surface area contributed by atoms with E-state index in [1.54, 1.807) is 7.05 Å². The van der Waals surface area contributed by atoms with Crippen molar-refractivity contribution in [3.63, 3.8) is 0 Å². The minimum absolute atomic E-state index is 0.0873. The smallest absolute Gasteiger partial charge is 0.193 e. The zero-order valence-electron chi connectivity index (χ0n) is 22.5. The van der Waals surface area contributed by atoms with Crippen LogP contribution in [0.2, 0.25) is 18.1 Å². The van der Waals surface area contributed by atoms with Gasteiger partial charge in [0.05, 0.1) is 14.6 Å². The summed E-state index contributed by atoms with van der Waals surface area (Å²) in [5.41, 5.74) is 1.01. The summed E-state index contributed by atoms with van der Waals surface area (Å²) in [7, 11) is -2.92. The third-order valence-electron chi connectivity index (χ3n) is 7.82. The van der Waals surface area contributed by atoms with Gasteiger partial charge in [-0.25, -0.2) is 8.57 Å². The molecule has 2 aromatic carbocycles. The van der Waals surface area contributed by atoms with E-state index in [1.807, 2.05) is 53.9 Å². The molecule has 5 heteroatoms. The highest BCUT2D eigenvalue weighted by atomic mass is 32.2. The van der Waals surface area contributed by atoms with E-state index in [0.717, 1.165) is 41.4 Å². The summed E-state index contributed by atoms with van der Waals surface area (Å²) in [6.45, 7) is 6.81. The molecule has 1 saturated carbocycles. The Bertz CT molecular complexity index is 1130. The molecule has 36 heavy (non-hydrogen) atoms. The summed E-state index contributed by atoms with van der Waals surface area (Å²) in [5.74, 6) is 7.55. The van der Waals surface area contributed by atoms with E-state index in [2.05, 4.69) is 55.2 Å². The lowest BCUT2D eigenvalue weighted by atomic mass is 9.77. The molecule has 0 spiro atoms. The predicted molar refractivity (Wildman–Crippen MR) is 156 cm³/mol. The molecule has 0 radical (unpaired) electrons. The van der Waals surface area contributed by atoms with Crippen LogP contribution in [0.15, 0.2) is 81.4 Å². The molecule has 0 N–H and O–H groups in total. The van der Waals surface area contributed by atoms with E-state index in [0.29, 0.717) is 5.92 Å². The fraction of sp³-hybridized carbons (Fsp3) is 0.484. The molecule has 0 saturated heterocycles. The molecule has 1 aliphatic rings. The topological polar surface area (TPSA) is 38.7 Å². The van der Waals surface area contributed by atoms with Crippen molar-refractivity contribution >= 4 is 18.0 Å².